The van der Waals surface area contributed by atoms with Crippen LogP contribution in [0.5, 0.6) is 5.75 Å². The van der Waals surface area contributed by atoms with Crippen LogP contribution in [-0.4, -0.2) is 43.0 Å². The Morgan fingerprint density at radius 3 is 2.90 bits per heavy atom. The number of aryl methyl sites for hydroxylation is 1. The Bertz CT molecular complexity index is 502. The minimum atomic E-state index is -0.164. The average Bonchev–Trinajstić information content (AvgIpc) is 2.48. The van der Waals surface area contributed by atoms with Gasteiger partial charge in [-0.3, -0.25) is 9.59 Å². The molecular formula is C16H22N2O3. The summed E-state index contributed by atoms with van der Waals surface area (Å²) in [6.07, 6.45) is 2.66. The maximum absolute atomic E-state index is 11.7. The van der Waals surface area contributed by atoms with Crippen molar-refractivity contribution in [1.29, 1.82) is 0 Å². The van der Waals surface area contributed by atoms with Gasteiger partial charge in [0, 0.05) is 26.1 Å². The van der Waals surface area contributed by atoms with E-state index in [0.29, 0.717) is 19.5 Å². The number of nitrogens with zero attached hydrogens (tertiary/aromatic N) is 1. The van der Waals surface area contributed by atoms with E-state index in [0.717, 1.165) is 30.7 Å². The van der Waals surface area contributed by atoms with Gasteiger partial charge in [-0.2, -0.15) is 0 Å². The highest BCUT2D eigenvalue weighted by atomic mass is 16.5. The zero-order chi connectivity index (χ0) is 15.1. The molecule has 0 atom stereocenters. The number of piperidine rings is 1. The van der Waals surface area contributed by atoms with Crippen molar-refractivity contribution in [3.05, 3.63) is 29.8 Å². The zero-order valence-electron chi connectivity index (χ0n) is 12.4. The number of hydrogen-bond donors (Lipinski definition) is 1. The number of carbonyl (C=O) groups is 2. The van der Waals surface area contributed by atoms with Crippen LogP contribution < -0.4 is 10.1 Å². The lowest BCUT2D eigenvalue weighted by Gasteiger charge is -2.26. The summed E-state index contributed by atoms with van der Waals surface area (Å²) >= 11 is 0. The van der Waals surface area contributed by atoms with Crippen LogP contribution in [0.15, 0.2) is 24.3 Å². The predicted molar refractivity (Wildman–Crippen MR) is 80.1 cm³/mol. The van der Waals surface area contributed by atoms with E-state index in [4.69, 9.17) is 4.74 Å². The predicted octanol–water partition coefficient (Wildman–Crippen LogP) is 1.50. The summed E-state index contributed by atoms with van der Waals surface area (Å²) in [6, 6.07) is 7.59. The Hall–Kier alpha value is -2.04. The van der Waals surface area contributed by atoms with Crippen LogP contribution >= 0.6 is 0 Å². The summed E-state index contributed by atoms with van der Waals surface area (Å²) in [4.78, 5) is 25.1. The second kappa shape index (κ2) is 7.67. The molecule has 0 radical (unpaired) electrons. The monoisotopic (exact) mass is 290 g/mol. The molecule has 1 N–H and O–H groups in total. The van der Waals surface area contributed by atoms with Crippen molar-refractivity contribution < 1.29 is 14.3 Å². The van der Waals surface area contributed by atoms with E-state index in [9.17, 15) is 9.59 Å². The van der Waals surface area contributed by atoms with E-state index in [1.165, 1.54) is 0 Å². The molecule has 5 heteroatoms. The van der Waals surface area contributed by atoms with Gasteiger partial charge >= 0.3 is 0 Å². The van der Waals surface area contributed by atoms with Gasteiger partial charge in [0.15, 0.2) is 6.61 Å². The van der Waals surface area contributed by atoms with E-state index in [1.54, 1.807) is 0 Å². The molecule has 0 aromatic heterocycles. The number of para-hydroxylation sites is 1. The molecule has 1 aromatic rings. The average molecular weight is 290 g/mol. The molecule has 1 aliphatic heterocycles. The van der Waals surface area contributed by atoms with Gasteiger partial charge in [0.05, 0.1) is 0 Å². The number of amides is 2. The number of ether oxygens (including phenoxy) is 1. The summed E-state index contributed by atoms with van der Waals surface area (Å²) in [6.45, 7) is 3.79. The third-order valence-electron chi connectivity index (χ3n) is 3.58. The van der Waals surface area contributed by atoms with E-state index in [-0.39, 0.29) is 18.4 Å². The fourth-order valence-electron chi connectivity index (χ4n) is 2.34. The lowest BCUT2D eigenvalue weighted by atomic mass is 10.1. The molecule has 0 aliphatic carbocycles. The van der Waals surface area contributed by atoms with Crippen molar-refractivity contribution in [2.75, 3.05) is 26.2 Å². The van der Waals surface area contributed by atoms with Crippen LogP contribution in [-0.2, 0) is 9.59 Å². The fourth-order valence-corrected chi connectivity index (χ4v) is 2.34. The molecule has 5 nitrogen and oxygen atoms in total. The van der Waals surface area contributed by atoms with Crippen molar-refractivity contribution in [3.8, 4) is 5.75 Å². The van der Waals surface area contributed by atoms with Crippen LogP contribution in [0.25, 0.3) is 0 Å². The lowest BCUT2D eigenvalue weighted by molar-refractivity contribution is -0.133. The van der Waals surface area contributed by atoms with Crippen molar-refractivity contribution >= 4 is 11.8 Å². The van der Waals surface area contributed by atoms with Gasteiger partial charge in [0.1, 0.15) is 5.75 Å². The Kier molecular flexibility index (Phi) is 5.60. The van der Waals surface area contributed by atoms with Gasteiger partial charge in [-0.15, -0.1) is 0 Å². The Morgan fingerprint density at radius 1 is 1.33 bits per heavy atom. The first-order valence-corrected chi connectivity index (χ1v) is 7.40. The number of nitrogens with one attached hydrogen (secondary N) is 1. The van der Waals surface area contributed by atoms with Gasteiger partial charge in [-0.25, -0.2) is 0 Å². The van der Waals surface area contributed by atoms with Crippen molar-refractivity contribution in [2.24, 2.45) is 0 Å². The summed E-state index contributed by atoms with van der Waals surface area (Å²) in [7, 11) is 0. The quantitative estimate of drug-likeness (QED) is 0.864. The number of carbonyl (C=O) groups excluding carboxylic acids is 2. The summed E-state index contributed by atoms with van der Waals surface area (Å²) in [5.41, 5.74) is 1.00. The van der Waals surface area contributed by atoms with Gasteiger partial charge in [0.25, 0.3) is 5.91 Å². The van der Waals surface area contributed by atoms with Crippen LogP contribution in [0, 0.1) is 6.92 Å². The van der Waals surface area contributed by atoms with Crippen molar-refractivity contribution in [3.63, 3.8) is 0 Å². The molecular weight excluding hydrogens is 268 g/mol. The lowest BCUT2D eigenvalue weighted by Crippen LogP contribution is -2.41. The topological polar surface area (TPSA) is 58.6 Å². The Balaban J connectivity index is 1.66. The fraction of sp³-hybridized carbons (Fsp3) is 0.500. The maximum Gasteiger partial charge on any atom is 0.258 e. The molecule has 21 heavy (non-hydrogen) atoms. The van der Waals surface area contributed by atoms with Crippen LogP contribution in [0.1, 0.15) is 24.8 Å². The smallest absolute Gasteiger partial charge is 0.258 e. The molecule has 1 fully saturated rings. The number of likely N-dealkylation sites (tertiary alicyclic amines) is 1. The van der Waals surface area contributed by atoms with Crippen LogP contribution in [0.3, 0.4) is 0 Å². The molecule has 1 aromatic carbocycles. The van der Waals surface area contributed by atoms with Crippen LogP contribution in [0.4, 0.5) is 0 Å². The zero-order valence-corrected chi connectivity index (χ0v) is 12.4. The first kappa shape index (κ1) is 15.4. The van der Waals surface area contributed by atoms with Crippen LogP contribution in [0.2, 0.25) is 0 Å². The third-order valence-corrected chi connectivity index (χ3v) is 3.58. The summed E-state index contributed by atoms with van der Waals surface area (Å²) < 4.78 is 5.47. The Labute approximate surface area is 125 Å². The molecule has 1 aliphatic rings. The van der Waals surface area contributed by atoms with Gasteiger partial charge in [-0.05, 0) is 31.4 Å². The third kappa shape index (κ3) is 4.77. The van der Waals surface area contributed by atoms with Gasteiger partial charge < -0.3 is 15.0 Å². The van der Waals surface area contributed by atoms with Gasteiger partial charge in [-0.1, -0.05) is 18.2 Å². The molecule has 0 unspecified atom stereocenters. The minimum absolute atomic E-state index is 0.00119. The molecule has 1 saturated heterocycles. The second-order valence-electron chi connectivity index (χ2n) is 5.24. The van der Waals surface area contributed by atoms with E-state index in [2.05, 4.69) is 5.32 Å². The van der Waals surface area contributed by atoms with E-state index >= 15 is 0 Å². The Morgan fingerprint density at radius 2 is 2.14 bits per heavy atom. The molecule has 0 bridgehead atoms. The van der Waals surface area contributed by atoms with Crippen molar-refractivity contribution in [1.82, 2.24) is 10.2 Å². The molecule has 1 heterocycles. The maximum atomic E-state index is 11.7. The first-order valence-electron chi connectivity index (χ1n) is 7.40. The summed E-state index contributed by atoms with van der Waals surface area (Å²) in [5, 5.41) is 2.78. The standard InChI is InChI=1S/C16H22N2O3/c1-13-6-2-3-7-14(13)21-12-15(19)17-9-11-18-10-5-4-8-16(18)20/h2-3,6-7H,4-5,8-12H2,1H3,(H,17,19). The van der Waals surface area contributed by atoms with E-state index < -0.39 is 0 Å². The largest absolute Gasteiger partial charge is 0.484 e. The molecule has 114 valence electrons. The highest BCUT2D eigenvalue weighted by molar-refractivity contribution is 5.78. The minimum Gasteiger partial charge on any atom is -0.484 e. The highest BCUT2D eigenvalue weighted by Gasteiger charge is 2.17. The normalized spacial score (nSPS) is 14.9. The second-order valence-corrected chi connectivity index (χ2v) is 5.24. The molecule has 2 rings (SSSR count). The first-order chi connectivity index (χ1) is 10.2. The highest BCUT2D eigenvalue weighted by Crippen LogP contribution is 2.15. The molecule has 0 saturated carbocycles. The molecule has 2 amide bonds. The number of benzene rings is 1. The van der Waals surface area contributed by atoms with Gasteiger partial charge in [0.2, 0.25) is 5.91 Å². The SMILES string of the molecule is Cc1ccccc1OCC(=O)NCCN1CCCCC1=O. The number of hydrogen-bond acceptors (Lipinski definition) is 3. The molecule has 0 spiro atoms. The number of rotatable bonds is 6. The van der Waals surface area contributed by atoms with Crippen molar-refractivity contribution in [2.45, 2.75) is 26.2 Å². The van der Waals surface area contributed by atoms with E-state index in [1.807, 2.05) is 36.1 Å². The summed E-state index contributed by atoms with van der Waals surface area (Å²) in [5.74, 6) is 0.744.